The molecule has 0 unspecified atom stereocenters. The number of carbonyl (C=O) groups excluding carboxylic acids is 2. The van der Waals surface area contributed by atoms with Crippen LogP contribution in [0.3, 0.4) is 0 Å². The van der Waals surface area contributed by atoms with E-state index in [9.17, 15) is 27.6 Å². The largest absolute Gasteiger partial charge is 0.488 e. The number of pyridine rings is 1. The summed E-state index contributed by atoms with van der Waals surface area (Å²) >= 11 is 0. The van der Waals surface area contributed by atoms with E-state index in [1.807, 2.05) is 12.4 Å². The van der Waals surface area contributed by atoms with Crippen molar-refractivity contribution in [3.63, 3.8) is 0 Å². The van der Waals surface area contributed by atoms with E-state index < -0.39 is 34.9 Å². The van der Waals surface area contributed by atoms with Gasteiger partial charge in [-0.15, -0.1) is 0 Å². The fourth-order valence-corrected chi connectivity index (χ4v) is 3.78. The highest BCUT2D eigenvalue weighted by atomic mass is 19.4. The van der Waals surface area contributed by atoms with Crippen molar-refractivity contribution in [1.82, 2.24) is 14.8 Å². The summed E-state index contributed by atoms with van der Waals surface area (Å²) in [7, 11) is 1.96. The van der Waals surface area contributed by atoms with Gasteiger partial charge in [-0.05, 0) is 38.1 Å². The minimum atomic E-state index is -4.68. The number of nitrogen functional groups attached to an aromatic ring is 1. The highest BCUT2D eigenvalue weighted by Gasteiger charge is 2.35. The van der Waals surface area contributed by atoms with Crippen molar-refractivity contribution in [3.05, 3.63) is 51.3 Å². The standard InChI is InChI=1S/C20H19F3N4O4/c1-26-6-4-11(5-7-26)31-14-3-2-10(20(21,22)23)8-13(14)27-15(28)9-12-16(17(27)24)19(30)25-18(12)29/h2-3,8-9,11H,4-7,24H2,1H3,(H,25,29,30). The lowest BCUT2D eigenvalue weighted by atomic mass is 10.1. The van der Waals surface area contributed by atoms with Crippen molar-refractivity contribution < 1.29 is 27.5 Å². The van der Waals surface area contributed by atoms with Crippen LogP contribution in [0.5, 0.6) is 5.75 Å². The van der Waals surface area contributed by atoms with Gasteiger partial charge in [-0.3, -0.25) is 24.3 Å². The third-order valence-electron chi connectivity index (χ3n) is 5.44. The molecule has 8 nitrogen and oxygen atoms in total. The Kier molecular flexibility index (Phi) is 5.00. The van der Waals surface area contributed by atoms with Crippen LogP contribution >= 0.6 is 0 Å². The second kappa shape index (κ2) is 7.41. The number of nitrogens with zero attached hydrogens (tertiary/aromatic N) is 2. The molecule has 2 amide bonds. The first-order valence-corrected chi connectivity index (χ1v) is 9.54. The summed E-state index contributed by atoms with van der Waals surface area (Å²) in [5, 5.41) is 2.02. The molecule has 164 valence electrons. The Morgan fingerprint density at radius 1 is 1.10 bits per heavy atom. The van der Waals surface area contributed by atoms with Gasteiger partial charge in [0.15, 0.2) is 0 Å². The molecule has 3 heterocycles. The molecular weight excluding hydrogens is 417 g/mol. The Labute approximate surface area is 174 Å². The first-order chi connectivity index (χ1) is 14.6. The van der Waals surface area contributed by atoms with E-state index in [-0.39, 0.29) is 28.7 Å². The lowest BCUT2D eigenvalue weighted by Gasteiger charge is -2.30. The van der Waals surface area contributed by atoms with E-state index in [0.29, 0.717) is 12.8 Å². The summed E-state index contributed by atoms with van der Waals surface area (Å²) in [5.41, 5.74) is 3.43. The van der Waals surface area contributed by atoms with Gasteiger partial charge in [-0.2, -0.15) is 13.2 Å². The maximum absolute atomic E-state index is 13.4. The number of carbonyl (C=O) groups is 2. The van der Waals surface area contributed by atoms with Crippen LogP contribution in [0.15, 0.2) is 29.1 Å². The van der Waals surface area contributed by atoms with Crippen LogP contribution < -0.4 is 21.3 Å². The molecule has 2 aliphatic heterocycles. The Balaban J connectivity index is 1.87. The number of likely N-dealkylation sites (tertiary alicyclic amines) is 1. The summed E-state index contributed by atoms with van der Waals surface area (Å²) in [5.74, 6) is -2.02. The van der Waals surface area contributed by atoms with Gasteiger partial charge in [-0.25, -0.2) is 0 Å². The average molecular weight is 436 g/mol. The fourth-order valence-electron chi connectivity index (χ4n) is 3.78. The van der Waals surface area contributed by atoms with Gasteiger partial charge in [0.05, 0.1) is 22.4 Å². The van der Waals surface area contributed by atoms with Crippen LogP contribution in [0.1, 0.15) is 39.1 Å². The second-order valence-corrected chi connectivity index (χ2v) is 7.58. The molecule has 2 aromatic rings. The maximum atomic E-state index is 13.4. The van der Waals surface area contributed by atoms with E-state index in [4.69, 9.17) is 10.5 Å². The van der Waals surface area contributed by atoms with Gasteiger partial charge in [0.25, 0.3) is 17.4 Å². The number of halogens is 3. The van der Waals surface area contributed by atoms with Gasteiger partial charge >= 0.3 is 6.18 Å². The molecular formula is C20H19F3N4O4. The number of ether oxygens (including phenoxy) is 1. The molecule has 0 radical (unpaired) electrons. The molecule has 0 bridgehead atoms. The average Bonchev–Trinajstić information content (AvgIpc) is 2.97. The molecule has 2 aliphatic rings. The normalized spacial score (nSPS) is 17.5. The third-order valence-corrected chi connectivity index (χ3v) is 5.44. The van der Waals surface area contributed by atoms with Crippen LogP contribution in [0.4, 0.5) is 19.0 Å². The Morgan fingerprint density at radius 2 is 1.77 bits per heavy atom. The van der Waals surface area contributed by atoms with Gasteiger partial charge in [0.1, 0.15) is 17.7 Å². The molecule has 1 saturated heterocycles. The van der Waals surface area contributed by atoms with Crippen molar-refractivity contribution in [2.45, 2.75) is 25.1 Å². The van der Waals surface area contributed by atoms with E-state index in [0.717, 1.165) is 41.9 Å². The summed E-state index contributed by atoms with van der Waals surface area (Å²) in [6.07, 6.45) is -3.63. The van der Waals surface area contributed by atoms with Crippen LogP contribution in [0, 0.1) is 0 Å². The quantitative estimate of drug-likeness (QED) is 0.711. The number of nitrogens with two attached hydrogens (primary N) is 1. The maximum Gasteiger partial charge on any atom is 0.416 e. The topological polar surface area (TPSA) is 107 Å². The van der Waals surface area contributed by atoms with Crippen molar-refractivity contribution in [2.75, 3.05) is 25.9 Å². The molecule has 1 aromatic carbocycles. The molecule has 0 aliphatic carbocycles. The zero-order chi connectivity index (χ0) is 22.5. The summed E-state index contributed by atoms with van der Waals surface area (Å²) in [4.78, 5) is 38.8. The summed E-state index contributed by atoms with van der Waals surface area (Å²) in [6, 6.07) is 3.63. The predicted octanol–water partition coefficient (Wildman–Crippen LogP) is 1.80. The number of benzene rings is 1. The minimum absolute atomic E-state index is 0.0287. The number of amides is 2. The number of piperidine rings is 1. The monoisotopic (exact) mass is 436 g/mol. The Hall–Kier alpha value is -3.34. The zero-order valence-electron chi connectivity index (χ0n) is 16.5. The Morgan fingerprint density at radius 3 is 2.42 bits per heavy atom. The fraction of sp³-hybridized carbons (Fsp3) is 0.350. The molecule has 1 aromatic heterocycles. The SMILES string of the molecule is CN1CCC(Oc2ccc(C(F)(F)F)cc2-n2c(N)c3c(cc2=O)C(=O)NC3=O)CC1. The van der Waals surface area contributed by atoms with Gasteiger partial charge in [0, 0.05) is 19.2 Å². The lowest BCUT2D eigenvalue weighted by Crippen LogP contribution is -2.36. The first kappa shape index (κ1) is 20.9. The first-order valence-electron chi connectivity index (χ1n) is 9.54. The van der Waals surface area contributed by atoms with Crippen molar-refractivity contribution in [3.8, 4) is 11.4 Å². The number of nitrogens with one attached hydrogen (secondary N) is 1. The van der Waals surface area contributed by atoms with Crippen molar-refractivity contribution in [2.24, 2.45) is 0 Å². The van der Waals surface area contributed by atoms with E-state index in [1.54, 1.807) is 0 Å². The minimum Gasteiger partial charge on any atom is -0.488 e. The smallest absolute Gasteiger partial charge is 0.416 e. The number of fused-ring (bicyclic) bond motifs is 1. The molecule has 0 saturated carbocycles. The van der Waals surface area contributed by atoms with Gasteiger partial charge in [0.2, 0.25) is 0 Å². The molecule has 0 spiro atoms. The number of hydrogen-bond donors (Lipinski definition) is 2. The van der Waals surface area contributed by atoms with Gasteiger partial charge < -0.3 is 15.4 Å². The van der Waals surface area contributed by atoms with E-state index in [2.05, 4.69) is 4.90 Å². The third kappa shape index (κ3) is 3.76. The van der Waals surface area contributed by atoms with E-state index >= 15 is 0 Å². The lowest BCUT2D eigenvalue weighted by molar-refractivity contribution is -0.137. The number of imide groups is 1. The number of anilines is 1. The molecule has 0 atom stereocenters. The highest BCUT2D eigenvalue weighted by molar-refractivity contribution is 6.23. The molecule has 4 rings (SSSR count). The number of rotatable bonds is 3. The van der Waals surface area contributed by atoms with Gasteiger partial charge in [-0.1, -0.05) is 0 Å². The van der Waals surface area contributed by atoms with E-state index in [1.165, 1.54) is 0 Å². The molecule has 1 fully saturated rings. The predicted molar refractivity (Wildman–Crippen MR) is 104 cm³/mol. The zero-order valence-corrected chi connectivity index (χ0v) is 16.5. The number of aromatic nitrogens is 1. The van der Waals surface area contributed by atoms with Crippen molar-refractivity contribution in [1.29, 1.82) is 0 Å². The van der Waals surface area contributed by atoms with Crippen LogP contribution in [-0.4, -0.2) is 47.5 Å². The summed E-state index contributed by atoms with van der Waals surface area (Å²) < 4.78 is 46.9. The summed E-state index contributed by atoms with van der Waals surface area (Å²) in [6.45, 7) is 1.51. The van der Waals surface area contributed by atoms with Crippen molar-refractivity contribution >= 4 is 17.6 Å². The molecule has 11 heteroatoms. The number of alkyl halides is 3. The van der Waals surface area contributed by atoms with Crippen LogP contribution in [0.2, 0.25) is 0 Å². The Bertz CT molecular complexity index is 1130. The van der Waals surface area contributed by atoms with Crippen LogP contribution in [-0.2, 0) is 6.18 Å². The van der Waals surface area contributed by atoms with Crippen LogP contribution in [0.25, 0.3) is 5.69 Å². The number of hydrogen-bond acceptors (Lipinski definition) is 6. The molecule has 3 N–H and O–H groups in total. The highest BCUT2D eigenvalue weighted by Crippen LogP contribution is 2.36. The molecule has 31 heavy (non-hydrogen) atoms. The second-order valence-electron chi connectivity index (χ2n) is 7.58.